The number of amides is 1. The highest BCUT2D eigenvalue weighted by Crippen LogP contribution is 2.31. The van der Waals surface area contributed by atoms with E-state index in [0.29, 0.717) is 47.2 Å². The van der Waals surface area contributed by atoms with Gasteiger partial charge in [-0.1, -0.05) is 6.07 Å². The molecule has 1 aromatic carbocycles. The first kappa shape index (κ1) is 16.7. The molecule has 1 saturated carbocycles. The highest BCUT2D eigenvalue weighted by molar-refractivity contribution is 6.09. The Bertz CT molecular complexity index is 1120. The summed E-state index contributed by atoms with van der Waals surface area (Å²) in [5.74, 6) is 0.808. The molecule has 0 atom stereocenters. The lowest BCUT2D eigenvalue weighted by molar-refractivity contribution is -0.118. The number of primary amides is 1. The molecule has 0 bridgehead atoms. The number of benzene rings is 1. The summed E-state index contributed by atoms with van der Waals surface area (Å²) < 4.78 is 0. The van der Waals surface area contributed by atoms with Crippen LogP contribution in [0.3, 0.4) is 0 Å². The predicted octanol–water partition coefficient (Wildman–Crippen LogP) is 2.43. The summed E-state index contributed by atoms with van der Waals surface area (Å²) in [5, 5.41) is 7.23. The van der Waals surface area contributed by atoms with Crippen molar-refractivity contribution >= 4 is 40.2 Å². The van der Waals surface area contributed by atoms with Crippen molar-refractivity contribution in [2.45, 2.75) is 38.1 Å². The van der Waals surface area contributed by atoms with E-state index in [1.54, 1.807) is 6.20 Å². The summed E-state index contributed by atoms with van der Waals surface area (Å²) in [6, 6.07) is 6.33. The second-order valence-corrected chi connectivity index (χ2v) is 7.43. The maximum absolute atomic E-state index is 11.7. The number of nitrogens with zero attached hydrogens (tertiary/aromatic N) is 2. The summed E-state index contributed by atoms with van der Waals surface area (Å²) in [6.45, 7) is 0. The summed E-state index contributed by atoms with van der Waals surface area (Å²) in [6.07, 6.45) is 5.58. The number of anilines is 3. The van der Waals surface area contributed by atoms with Crippen molar-refractivity contribution in [1.82, 2.24) is 15.0 Å². The van der Waals surface area contributed by atoms with Gasteiger partial charge in [0, 0.05) is 30.8 Å². The molecular formula is C20H20N6O2. The number of aromatic nitrogens is 3. The third kappa shape index (κ3) is 3.06. The number of aromatic amines is 1. The minimum Gasteiger partial charge on any atom is -0.367 e. The second kappa shape index (κ2) is 6.33. The van der Waals surface area contributed by atoms with Gasteiger partial charge in [-0.2, -0.15) is 9.97 Å². The number of nitrogens with two attached hydrogens (primary N) is 1. The summed E-state index contributed by atoms with van der Waals surface area (Å²) >= 11 is 0. The van der Waals surface area contributed by atoms with Crippen LogP contribution in [0.2, 0.25) is 0 Å². The van der Waals surface area contributed by atoms with E-state index in [9.17, 15) is 9.59 Å². The van der Waals surface area contributed by atoms with Crippen LogP contribution in [0.1, 0.15) is 40.7 Å². The van der Waals surface area contributed by atoms with E-state index in [0.717, 1.165) is 30.5 Å². The Kier molecular flexibility index (Phi) is 3.78. The molecule has 2 aliphatic carbocycles. The molecule has 0 unspecified atom stereocenters. The zero-order valence-corrected chi connectivity index (χ0v) is 15.2. The van der Waals surface area contributed by atoms with Gasteiger partial charge in [0.1, 0.15) is 17.2 Å². The number of Topliss-reactive ketones (excluding diaryl/α,β-unsaturated/α-hetero) is 1. The molecule has 2 heterocycles. The van der Waals surface area contributed by atoms with Gasteiger partial charge in [0.2, 0.25) is 5.95 Å². The van der Waals surface area contributed by atoms with Crippen LogP contribution in [0.15, 0.2) is 24.4 Å². The third-order valence-electron chi connectivity index (χ3n) is 5.24. The maximum atomic E-state index is 11.7. The molecule has 1 amide bonds. The van der Waals surface area contributed by atoms with E-state index in [-0.39, 0.29) is 5.78 Å². The molecule has 5 N–H and O–H groups in total. The standard InChI is InChI=1S/C20H20N6O2/c21-17(28)15-9-22-18-16(15)19(23-12-4-5-12)26-20(25-18)24-13-3-1-11-8-14(27)6-2-10(11)7-13/h1,3,7,9,12H,2,4-6,8H2,(H2,21,28)(H3,22,23,24,25,26). The Morgan fingerprint density at radius 1 is 1.18 bits per heavy atom. The topological polar surface area (TPSA) is 126 Å². The molecule has 8 heteroatoms. The van der Waals surface area contributed by atoms with Crippen molar-refractivity contribution in [3.8, 4) is 0 Å². The summed E-state index contributed by atoms with van der Waals surface area (Å²) in [5.41, 5.74) is 9.56. The molecule has 2 aromatic heterocycles. The lowest BCUT2D eigenvalue weighted by Gasteiger charge is -2.16. The number of nitrogens with one attached hydrogen (secondary N) is 3. The van der Waals surface area contributed by atoms with Crippen LogP contribution in [0.25, 0.3) is 11.0 Å². The Morgan fingerprint density at radius 2 is 2.04 bits per heavy atom. The lowest BCUT2D eigenvalue weighted by Crippen LogP contribution is -2.14. The van der Waals surface area contributed by atoms with Gasteiger partial charge in [-0.15, -0.1) is 0 Å². The van der Waals surface area contributed by atoms with Crippen molar-refractivity contribution in [2.24, 2.45) is 5.73 Å². The number of carbonyl (C=O) groups excluding carboxylic acids is 2. The number of rotatable bonds is 5. The highest BCUT2D eigenvalue weighted by atomic mass is 16.1. The zero-order chi connectivity index (χ0) is 19.3. The molecule has 5 rings (SSSR count). The Morgan fingerprint density at radius 3 is 2.82 bits per heavy atom. The maximum Gasteiger partial charge on any atom is 0.251 e. The molecular weight excluding hydrogens is 356 g/mol. The molecule has 2 aliphatic rings. The quantitative estimate of drug-likeness (QED) is 0.542. The zero-order valence-electron chi connectivity index (χ0n) is 15.2. The van der Waals surface area contributed by atoms with Crippen LogP contribution >= 0.6 is 0 Å². The Balaban J connectivity index is 1.51. The summed E-state index contributed by atoms with van der Waals surface area (Å²) in [4.78, 5) is 35.5. The Hall–Kier alpha value is -3.42. The van der Waals surface area contributed by atoms with Gasteiger partial charge < -0.3 is 21.4 Å². The van der Waals surface area contributed by atoms with Gasteiger partial charge in [-0.25, -0.2) is 0 Å². The average Bonchev–Trinajstić information content (AvgIpc) is 3.37. The largest absolute Gasteiger partial charge is 0.367 e. The molecule has 0 saturated heterocycles. The Labute approximate surface area is 160 Å². The smallest absolute Gasteiger partial charge is 0.251 e. The van der Waals surface area contributed by atoms with E-state index in [1.807, 2.05) is 18.2 Å². The lowest BCUT2D eigenvalue weighted by atomic mass is 9.90. The van der Waals surface area contributed by atoms with Crippen molar-refractivity contribution in [3.05, 3.63) is 41.1 Å². The van der Waals surface area contributed by atoms with Crippen LogP contribution in [0.4, 0.5) is 17.5 Å². The van der Waals surface area contributed by atoms with Crippen LogP contribution in [0.5, 0.6) is 0 Å². The average molecular weight is 376 g/mol. The van der Waals surface area contributed by atoms with E-state index >= 15 is 0 Å². The summed E-state index contributed by atoms with van der Waals surface area (Å²) in [7, 11) is 0. The fraction of sp³-hybridized carbons (Fsp3) is 0.300. The number of hydrogen-bond donors (Lipinski definition) is 4. The first-order chi connectivity index (χ1) is 13.6. The van der Waals surface area contributed by atoms with Gasteiger partial charge >= 0.3 is 0 Å². The first-order valence-corrected chi connectivity index (χ1v) is 9.43. The first-order valence-electron chi connectivity index (χ1n) is 9.43. The van der Waals surface area contributed by atoms with Crippen LogP contribution in [-0.2, 0) is 17.6 Å². The number of aryl methyl sites for hydroxylation is 1. The van der Waals surface area contributed by atoms with Gasteiger partial charge in [-0.3, -0.25) is 9.59 Å². The number of hydrogen-bond acceptors (Lipinski definition) is 6. The monoisotopic (exact) mass is 376 g/mol. The molecule has 0 radical (unpaired) electrons. The number of fused-ring (bicyclic) bond motifs is 2. The highest BCUT2D eigenvalue weighted by Gasteiger charge is 2.25. The second-order valence-electron chi connectivity index (χ2n) is 7.43. The number of carbonyl (C=O) groups is 2. The van der Waals surface area contributed by atoms with Crippen molar-refractivity contribution < 1.29 is 9.59 Å². The van der Waals surface area contributed by atoms with Crippen LogP contribution in [0, 0.1) is 0 Å². The minimum atomic E-state index is -0.515. The van der Waals surface area contributed by atoms with E-state index < -0.39 is 5.91 Å². The molecule has 8 nitrogen and oxygen atoms in total. The van der Waals surface area contributed by atoms with Crippen molar-refractivity contribution in [1.29, 1.82) is 0 Å². The van der Waals surface area contributed by atoms with Gasteiger partial charge in [0.25, 0.3) is 5.91 Å². The van der Waals surface area contributed by atoms with Gasteiger partial charge in [-0.05, 0) is 42.5 Å². The molecule has 1 fully saturated rings. The fourth-order valence-corrected chi connectivity index (χ4v) is 3.62. The normalized spacial score (nSPS) is 16.1. The van der Waals surface area contributed by atoms with E-state index in [1.165, 1.54) is 5.56 Å². The molecule has 3 aromatic rings. The van der Waals surface area contributed by atoms with Crippen molar-refractivity contribution in [3.63, 3.8) is 0 Å². The van der Waals surface area contributed by atoms with Crippen molar-refractivity contribution in [2.75, 3.05) is 10.6 Å². The molecule has 0 aliphatic heterocycles. The minimum absolute atomic E-state index is 0.287. The van der Waals surface area contributed by atoms with Gasteiger partial charge in [0.05, 0.1) is 10.9 Å². The van der Waals surface area contributed by atoms with Gasteiger partial charge in [0.15, 0.2) is 0 Å². The SMILES string of the molecule is NC(=O)c1c[nH]c2nc(Nc3ccc4c(c3)CCC(=O)C4)nc(NC3CC3)c12. The van der Waals surface area contributed by atoms with Crippen LogP contribution < -0.4 is 16.4 Å². The number of ketones is 1. The van der Waals surface area contributed by atoms with E-state index in [2.05, 4.69) is 25.6 Å². The number of H-pyrrole nitrogens is 1. The molecule has 28 heavy (non-hydrogen) atoms. The van der Waals surface area contributed by atoms with E-state index in [4.69, 9.17) is 5.73 Å². The predicted molar refractivity (Wildman–Crippen MR) is 106 cm³/mol. The molecule has 142 valence electrons. The fourth-order valence-electron chi connectivity index (χ4n) is 3.62. The third-order valence-corrected chi connectivity index (χ3v) is 5.24. The van der Waals surface area contributed by atoms with Crippen LogP contribution in [-0.4, -0.2) is 32.7 Å². The molecule has 0 spiro atoms.